The number of benzene rings is 1. The number of nitrogens with zero attached hydrogens (tertiary/aromatic N) is 1. The number of hydrogen-bond donors (Lipinski definition) is 1. The summed E-state index contributed by atoms with van der Waals surface area (Å²) in [4.78, 5) is 2.25. The highest BCUT2D eigenvalue weighted by atomic mass is 35.5. The number of β-amino-alcohol motifs (C(OH)–C–C–N with tert-alkyl or cyclic N) is 1. The van der Waals surface area contributed by atoms with Crippen LogP contribution in [0.25, 0.3) is 0 Å². The highest BCUT2D eigenvalue weighted by Crippen LogP contribution is 2.27. The van der Waals surface area contributed by atoms with Gasteiger partial charge in [-0.05, 0) is 37.9 Å². The molecule has 2 rings (SSSR count). The van der Waals surface area contributed by atoms with Crippen molar-refractivity contribution in [1.82, 2.24) is 4.90 Å². The van der Waals surface area contributed by atoms with Crippen LogP contribution in [0.3, 0.4) is 0 Å². The van der Waals surface area contributed by atoms with Gasteiger partial charge >= 0.3 is 0 Å². The average Bonchev–Trinajstić information content (AvgIpc) is 2.93. The first-order valence-corrected chi connectivity index (χ1v) is 8.40. The number of ether oxygens (including phenoxy) is 2. The van der Waals surface area contributed by atoms with Gasteiger partial charge in [0.15, 0.2) is 0 Å². The number of halogens is 2. The normalized spacial score (nSPS) is 20.3. The van der Waals surface area contributed by atoms with E-state index in [1.165, 1.54) is 0 Å². The summed E-state index contributed by atoms with van der Waals surface area (Å²) >= 11 is 11.9. The Hall–Kier alpha value is -0.520. The van der Waals surface area contributed by atoms with Crippen molar-refractivity contribution in [3.63, 3.8) is 0 Å². The van der Waals surface area contributed by atoms with Crippen molar-refractivity contribution < 1.29 is 14.6 Å². The van der Waals surface area contributed by atoms with Crippen LogP contribution in [0.5, 0.6) is 5.75 Å². The fraction of sp³-hybridized carbons (Fsp3) is 0.625. The quantitative estimate of drug-likeness (QED) is 0.784. The molecular weight excluding hydrogens is 325 g/mol. The zero-order valence-electron chi connectivity index (χ0n) is 12.8. The summed E-state index contributed by atoms with van der Waals surface area (Å²) in [7, 11) is 0. The Kier molecular flexibility index (Phi) is 7.25. The van der Waals surface area contributed by atoms with Gasteiger partial charge in [0.05, 0.1) is 11.6 Å². The van der Waals surface area contributed by atoms with E-state index in [1.807, 2.05) is 6.92 Å². The van der Waals surface area contributed by atoms with E-state index in [4.69, 9.17) is 32.7 Å². The molecule has 0 saturated carbocycles. The molecule has 4 nitrogen and oxygen atoms in total. The Morgan fingerprint density at radius 3 is 3.00 bits per heavy atom. The van der Waals surface area contributed by atoms with Gasteiger partial charge in [0.2, 0.25) is 0 Å². The van der Waals surface area contributed by atoms with Gasteiger partial charge in [-0.15, -0.1) is 0 Å². The van der Waals surface area contributed by atoms with E-state index in [2.05, 4.69) is 4.90 Å². The Bertz CT molecular complexity index is 473. The summed E-state index contributed by atoms with van der Waals surface area (Å²) in [6.45, 7) is 6.33. The van der Waals surface area contributed by atoms with E-state index < -0.39 is 6.10 Å². The fourth-order valence-electron chi connectivity index (χ4n) is 2.62. The molecule has 124 valence electrons. The van der Waals surface area contributed by atoms with Gasteiger partial charge in [0.25, 0.3) is 0 Å². The Labute approximate surface area is 141 Å². The van der Waals surface area contributed by atoms with Crippen LogP contribution >= 0.6 is 23.2 Å². The van der Waals surface area contributed by atoms with Crippen LogP contribution in [0.1, 0.15) is 13.3 Å². The molecule has 1 fully saturated rings. The van der Waals surface area contributed by atoms with E-state index in [1.54, 1.807) is 18.2 Å². The predicted molar refractivity (Wildman–Crippen MR) is 89.0 cm³/mol. The van der Waals surface area contributed by atoms with Gasteiger partial charge in [-0.3, -0.25) is 0 Å². The van der Waals surface area contributed by atoms with Crippen LogP contribution in [0.15, 0.2) is 18.2 Å². The highest BCUT2D eigenvalue weighted by Gasteiger charge is 2.24. The molecule has 22 heavy (non-hydrogen) atoms. The van der Waals surface area contributed by atoms with Gasteiger partial charge in [0.1, 0.15) is 18.5 Å². The SMILES string of the molecule is CCOCC1CCN(CC(O)COc2cc(Cl)ccc2Cl)C1. The molecule has 1 aromatic rings. The third-order valence-corrected chi connectivity index (χ3v) is 4.27. The van der Waals surface area contributed by atoms with Gasteiger partial charge in [-0.25, -0.2) is 0 Å². The zero-order chi connectivity index (χ0) is 15.9. The highest BCUT2D eigenvalue weighted by molar-refractivity contribution is 6.34. The maximum absolute atomic E-state index is 10.1. The lowest BCUT2D eigenvalue weighted by Gasteiger charge is -2.20. The molecule has 1 aliphatic heterocycles. The molecule has 0 aromatic heterocycles. The van der Waals surface area contributed by atoms with Crippen molar-refractivity contribution in [2.24, 2.45) is 5.92 Å². The van der Waals surface area contributed by atoms with Gasteiger partial charge in [-0.2, -0.15) is 0 Å². The summed E-state index contributed by atoms with van der Waals surface area (Å²) in [5.41, 5.74) is 0. The van der Waals surface area contributed by atoms with E-state index >= 15 is 0 Å². The van der Waals surface area contributed by atoms with Crippen LogP contribution in [0.2, 0.25) is 10.0 Å². The van der Waals surface area contributed by atoms with Crippen LogP contribution in [-0.4, -0.2) is 55.6 Å². The summed E-state index contributed by atoms with van der Waals surface area (Å²) in [5, 5.41) is 11.2. The van der Waals surface area contributed by atoms with Gasteiger partial charge < -0.3 is 19.5 Å². The minimum atomic E-state index is -0.555. The first kappa shape index (κ1) is 17.8. The molecule has 1 aromatic carbocycles. The number of aliphatic hydroxyl groups excluding tert-OH is 1. The van der Waals surface area contributed by atoms with Crippen molar-refractivity contribution in [1.29, 1.82) is 0 Å². The average molecular weight is 348 g/mol. The second-order valence-corrected chi connectivity index (χ2v) is 6.46. The minimum absolute atomic E-state index is 0.201. The Balaban J connectivity index is 1.72. The van der Waals surface area contributed by atoms with E-state index in [0.29, 0.717) is 28.3 Å². The fourth-order valence-corrected chi connectivity index (χ4v) is 2.96. The molecule has 2 unspecified atom stereocenters. The molecule has 1 heterocycles. The number of aliphatic hydroxyl groups is 1. The lowest BCUT2D eigenvalue weighted by atomic mass is 10.1. The maximum atomic E-state index is 10.1. The topological polar surface area (TPSA) is 41.9 Å². The molecule has 0 spiro atoms. The second-order valence-electron chi connectivity index (χ2n) is 5.61. The molecule has 0 amide bonds. The van der Waals surface area contributed by atoms with Crippen molar-refractivity contribution in [3.05, 3.63) is 28.2 Å². The Morgan fingerprint density at radius 2 is 2.23 bits per heavy atom. The number of hydrogen-bond acceptors (Lipinski definition) is 4. The van der Waals surface area contributed by atoms with Crippen LogP contribution < -0.4 is 4.74 Å². The molecule has 0 bridgehead atoms. The number of rotatable bonds is 8. The van der Waals surface area contributed by atoms with Crippen LogP contribution in [-0.2, 0) is 4.74 Å². The molecule has 6 heteroatoms. The molecule has 0 radical (unpaired) electrons. The van der Waals surface area contributed by atoms with Crippen molar-refractivity contribution >= 4 is 23.2 Å². The second kappa shape index (κ2) is 8.94. The summed E-state index contributed by atoms with van der Waals surface area (Å²) < 4.78 is 11.0. The maximum Gasteiger partial charge on any atom is 0.139 e. The van der Waals surface area contributed by atoms with Crippen LogP contribution in [0.4, 0.5) is 0 Å². The largest absolute Gasteiger partial charge is 0.489 e. The summed E-state index contributed by atoms with van der Waals surface area (Å²) in [5.74, 6) is 1.07. The van der Waals surface area contributed by atoms with Crippen molar-refractivity contribution in [3.8, 4) is 5.75 Å². The summed E-state index contributed by atoms with van der Waals surface area (Å²) in [6, 6.07) is 5.05. The smallest absolute Gasteiger partial charge is 0.139 e. The monoisotopic (exact) mass is 347 g/mol. The molecule has 0 aliphatic carbocycles. The van der Waals surface area contributed by atoms with E-state index in [0.717, 1.165) is 32.7 Å². The lowest BCUT2D eigenvalue weighted by molar-refractivity contribution is 0.0701. The van der Waals surface area contributed by atoms with Crippen molar-refractivity contribution in [2.75, 3.05) is 39.5 Å². The lowest BCUT2D eigenvalue weighted by Crippen LogP contribution is -2.34. The first-order valence-electron chi connectivity index (χ1n) is 7.64. The Morgan fingerprint density at radius 1 is 1.41 bits per heavy atom. The third-order valence-electron chi connectivity index (χ3n) is 3.72. The third kappa shape index (κ3) is 5.60. The molecule has 2 atom stereocenters. The number of likely N-dealkylation sites (tertiary alicyclic amines) is 1. The summed E-state index contributed by atoms with van der Waals surface area (Å²) in [6.07, 6.45) is 0.564. The molecule has 1 saturated heterocycles. The first-order chi connectivity index (χ1) is 10.6. The van der Waals surface area contributed by atoms with Gasteiger partial charge in [0, 0.05) is 30.8 Å². The van der Waals surface area contributed by atoms with Crippen LogP contribution in [0, 0.1) is 5.92 Å². The molecule has 1 N–H and O–H groups in total. The predicted octanol–water partition coefficient (Wildman–Crippen LogP) is 3.09. The van der Waals surface area contributed by atoms with E-state index in [9.17, 15) is 5.11 Å². The standard InChI is InChI=1S/C16H23Cl2NO3/c1-2-21-10-12-5-6-19(8-12)9-14(20)11-22-16-7-13(17)3-4-15(16)18/h3-4,7,12,14,20H,2,5-6,8-11H2,1H3. The molecule has 1 aliphatic rings. The zero-order valence-corrected chi connectivity index (χ0v) is 14.3. The molecular formula is C16H23Cl2NO3. The van der Waals surface area contributed by atoms with Crippen molar-refractivity contribution in [2.45, 2.75) is 19.4 Å². The van der Waals surface area contributed by atoms with Gasteiger partial charge in [-0.1, -0.05) is 23.2 Å². The van der Waals surface area contributed by atoms with E-state index in [-0.39, 0.29) is 6.61 Å². The minimum Gasteiger partial charge on any atom is -0.489 e.